The molecular formula is C13H16FN3O. The minimum atomic E-state index is -0.417. The predicted molar refractivity (Wildman–Crippen MR) is 68.9 cm³/mol. The molecule has 18 heavy (non-hydrogen) atoms. The smallest absolute Gasteiger partial charge is 0.165 e. The maximum Gasteiger partial charge on any atom is 0.165 e. The van der Waals surface area contributed by atoms with Crippen LogP contribution in [0.2, 0.25) is 0 Å². The average molecular weight is 249 g/mol. The van der Waals surface area contributed by atoms with Crippen molar-refractivity contribution in [2.24, 2.45) is 0 Å². The molecule has 0 aliphatic heterocycles. The van der Waals surface area contributed by atoms with Crippen LogP contribution in [0.4, 0.5) is 10.1 Å². The van der Waals surface area contributed by atoms with E-state index in [1.54, 1.807) is 23.0 Å². The second-order valence-corrected chi connectivity index (χ2v) is 4.05. The van der Waals surface area contributed by atoms with Gasteiger partial charge >= 0.3 is 0 Å². The Bertz CT molecular complexity index is 551. The van der Waals surface area contributed by atoms with Crippen LogP contribution >= 0.6 is 0 Å². The number of methoxy groups -OCH3 is 1. The Morgan fingerprint density at radius 3 is 2.83 bits per heavy atom. The second-order valence-electron chi connectivity index (χ2n) is 4.05. The van der Waals surface area contributed by atoms with E-state index in [9.17, 15) is 4.39 Å². The number of nitrogens with zero attached hydrogens (tertiary/aromatic N) is 2. The molecule has 0 amide bonds. The molecule has 1 aromatic heterocycles. The van der Waals surface area contributed by atoms with Gasteiger partial charge in [0.2, 0.25) is 0 Å². The third-order valence-electron chi connectivity index (χ3n) is 2.67. The van der Waals surface area contributed by atoms with E-state index >= 15 is 0 Å². The number of nitrogen functional groups attached to an aromatic ring is 1. The highest BCUT2D eigenvalue weighted by Gasteiger charge is 2.11. The molecule has 0 unspecified atom stereocenters. The number of ether oxygens (including phenoxy) is 1. The lowest BCUT2D eigenvalue weighted by atomic mass is 10.1. The quantitative estimate of drug-likeness (QED) is 0.906. The molecule has 5 heteroatoms. The Morgan fingerprint density at radius 2 is 2.22 bits per heavy atom. The van der Waals surface area contributed by atoms with Crippen molar-refractivity contribution in [1.82, 2.24) is 9.78 Å². The SMILES string of the molecule is CCCn1cc(N)c(-c2ccc(OC)c(F)c2)n1. The van der Waals surface area contributed by atoms with Gasteiger partial charge in [-0.1, -0.05) is 6.92 Å². The van der Waals surface area contributed by atoms with Gasteiger partial charge in [-0.15, -0.1) is 0 Å². The molecule has 4 nitrogen and oxygen atoms in total. The fourth-order valence-corrected chi connectivity index (χ4v) is 1.82. The van der Waals surface area contributed by atoms with Crippen LogP contribution in [0.3, 0.4) is 0 Å². The Balaban J connectivity index is 2.39. The van der Waals surface area contributed by atoms with E-state index in [4.69, 9.17) is 10.5 Å². The molecule has 0 atom stereocenters. The first-order valence-corrected chi connectivity index (χ1v) is 5.82. The lowest BCUT2D eigenvalue weighted by molar-refractivity contribution is 0.386. The molecule has 2 N–H and O–H groups in total. The Kier molecular flexibility index (Phi) is 3.50. The van der Waals surface area contributed by atoms with Gasteiger partial charge in [-0.3, -0.25) is 4.68 Å². The molecular weight excluding hydrogens is 233 g/mol. The highest BCUT2D eigenvalue weighted by atomic mass is 19.1. The maximum absolute atomic E-state index is 13.6. The third-order valence-corrected chi connectivity index (χ3v) is 2.67. The first-order chi connectivity index (χ1) is 8.65. The van der Waals surface area contributed by atoms with Crippen molar-refractivity contribution in [2.75, 3.05) is 12.8 Å². The Morgan fingerprint density at radius 1 is 1.44 bits per heavy atom. The molecule has 2 aromatic rings. The average Bonchev–Trinajstić information content (AvgIpc) is 2.71. The third kappa shape index (κ3) is 2.30. The highest BCUT2D eigenvalue weighted by Crippen LogP contribution is 2.28. The molecule has 96 valence electrons. The normalized spacial score (nSPS) is 10.6. The predicted octanol–water partition coefficient (Wildman–Crippen LogP) is 2.69. The van der Waals surface area contributed by atoms with Gasteiger partial charge in [0, 0.05) is 18.3 Å². The van der Waals surface area contributed by atoms with Crippen molar-refractivity contribution < 1.29 is 9.13 Å². The Hall–Kier alpha value is -2.04. The number of aryl methyl sites for hydroxylation is 1. The molecule has 0 bridgehead atoms. The van der Waals surface area contributed by atoms with Crippen LogP contribution < -0.4 is 10.5 Å². The number of rotatable bonds is 4. The lowest BCUT2D eigenvalue weighted by Crippen LogP contribution is -1.97. The zero-order valence-corrected chi connectivity index (χ0v) is 10.5. The summed E-state index contributed by atoms with van der Waals surface area (Å²) in [5.41, 5.74) is 7.69. The lowest BCUT2D eigenvalue weighted by Gasteiger charge is -2.04. The minimum absolute atomic E-state index is 0.213. The molecule has 2 rings (SSSR count). The molecule has 0 aliphatic rings. The maximum atomic E-state index is 13.6. The molecule has 0 saturated heterocycles. The summed E-state index contributed by atoms with van der Waals surface area (Å²) in [5.74, 6) is -0.204. The van der Waals surface area contributed by atoms with Gasteiger partial charge < -0.3 is 10.5 Å². The van der Waals surface area contributed by atoms with E-state index in [1.165, 1.54) is 13.2 Å². The van der Waals surface area contributed by atoms with Crippen LogP contribution in [0, 0.1) is 5.82 Å². The van der Waals surface area contributed by atoms with Crippen molar-refractivity contribution in [3.63, 3.8) is 0 Å². The van der Waals surface area contributed by atoms with Gasteiger partial charge in [0.05, 0.1) is 12.8 Å². The van der Waals surface area contributed by atoms with Gasteiger partial charge in [0.15, 0.2) is 11.6 Å². The van der Waals surface area contributed by atoms with E-state index in [0.717, 1.165) is 13.0 Å². The van der Waals surface area contributed by atoms with E-state index < -0.39 is 5.82 Å². The van der Waals surface area contributed by atoms with Crippen LogP contribution in [0.25, 0.3) is 11.3 Å². The van der Waals surface area contributed by atoms with Gasteiger partial charge in [-0.2, -0.15) is 5.10 Å². The van der Waals surface area contributed by atoms with E-state index in [2.05, 4.69) is 12.0 Å². The molecule has 1 aromatic carbocycles. The number of benzene rings is 1. The van der Waals surface area contributed by atoms with E-state index in [-0.39, 0.29) is 5.75 Å². The summed E-state index contributed by atoms with van der Waals surface area (Å²) in [6, 6.07) is 4.70. The van der Waals surface area contributed by atoms with Crippen molar-refractivity contribution in [3.05, 3.63) is 30.2 Å². The van der Waals surface area contributed by atoms with Crippen LogP contribution in [0.5, 0.6) is 5.75 Å². The molecule has 0 fully saturated rings. The van der Waals surface area contributed by atoms with E-state index in [1.807, 2.05) is 0 Å². The number of hydrogen-bond acceptors (Lipinski definition) is 3. The van der Waals surface area contributed by atoms with Crippen LogP contribution in [-0.4, -0.2) is 16.9 Å². The monoisotopic (exact) mass is 249 g/mol. The fourth-order valence-electron chi connectivity index (χ4n) is 1.82. The van der Waals surface area contributed by atoms with Crippen LogP contribution in [0.1, 0.15) is 13.3 Å². The van der Waals surface area contributed by atoms with Crippen molar-refractivity contribution in [2.45, 2.75) is 19.9 Å². The number of aromatic nitrogens is 2. The highest BCUT2D eigenvalue weighted by molar-refractivity contribution is 5.72. The summed E-state index contributed by atoms with van der Waals surface area (Å²) < 4.78 is 20.3. The number of hydrogen-bond donors (Lipinski definition) is 1. The van der Waals surface area contributed by atoms with Gasteiger partial charge in [-0.25, -0.2) is 4.39 Å². The Labute approximate surface area is 105 Å². The molecule has 0 aliphatic carbocycles. The summed E-state index contributed by atoms with van der Waals surface area (Å²) >= 11 is 0. The zero-order chi connectivity index (χ0) is 13.1. The zero-order valence-electron chi connectivity index (χ0n) is 10.5. The molecule has 0 saturated carbocycles. The number of nitrogens with two attached hydrogens (primary N) is 1. The van der Waals surface area contributed by atoms with Crippen LogP contribution in [0.15, 0.2) is 24.4 Å². The van der Waals surface area contributed by atoms with Crippen molar-refractivity contribution >= 4 is 5.69 Å². The minimum Gasteiger partial charge on any atom is -0.494 e. The van der Waals surface area contributed by atoms with E-state index in [0.29, 0.717) is 16.9 Å². The van der Waals surface area contributed by atoms with Gasteiger partial charge in [0.1, 0.15) is 5.69 Å². The summed E-state index contributed by atoms with van der Waals surface area (Å²) in [6.45, 7) is 2.85. The van der Waals surface area contributed by atoms with Gasteiger partial charge in [-0.05, 0) is 24.6 Å². The molecule has 0 radical (unpaired) electrons. The first kappa shape index (κ1) is 12.4. The summed E-state index contributed by atoms with van der Waals surface area (Å²) in [6.07, 6.45) is 2.73. The van der Waals surface area contributed by atoms with Crippen molar-refractivity contribution in [3.8, 4) is 17.0 Å². The fraction of sp³-hybridized carbons (Fsp3) is 0.308. The van der Waals surface area contributed by atoms with Crippen LogP contribution in [-0.2, 0) is 6.54 Å². The number of anilines is 1. The molecule has 0 spiro atoms. The summed E-state index contributed by atoms with van der Waals surface area (Å²) in [7, 11) is 1.43. The first-order valence-electron chi connectivity index (χ1n) is 5.82. The standard InChI is InChI=1S/C13H16FN3O/c1-3-6-17-8-11(15)13(16-17)9-4-5-12(18-2)10(14)7-9/h4-5,7-8H,3,6,15H2,1-2H3. The van der Waals surface area contributed by atoms with Gasteiger partial charge in [0.25, 0.3) is 0 Å². The largest absolute Gasteiger partial charge is 0.494 e. The number of halogens is 1. The van der Waals surface area contributed by atoms with Crippen molar-refractivity contribution in [1.29, 1.82) is 0 Å². The summed E-state index contributed by atoms with van der Waals surface area (Å²) in [5, 5.41) is 4.35. The summed E-state index contributed by atoms with van der Waals surface area (Å²) in [4.78, 5) is 0. The topological polar surface area (TPSA) is 53.1 Å². The molecule has 1 heterocycles. The second kappa shape index (κ2) is 5.08.